The molecule has 3 nitrogen and oxygen atoms in total. The summed E-state index contributed by atoms with van der Waals surface area (Å²) in [7, 11) is 0. The van der Waals surface area contributed by atoms with Crippen LogP contribution in [0.1, 0.15) is 22.5 Å². The minimum atomic E-state index is -0.252. The molecule has 1 fully saturated rings. The summed E-state index contributed by atoms with van der Waals surface area (Å²) in [6.45, 7) is 2.04. The standard InChI is InChI=1S/C19H15Cl3N2OS/c20-11-3-5-13-16(9-11)26-18(17(13)22)19(25)23-12-4-6-15(14(21)10-12)24-7-1-2-8-24/h3-6,9-10H,1-2,7-8H2,(H,23,25). The zero-order valence-electron chi connectivity index (χ0n) is 13.7. The third-order valence-corrected chi connectivity index (χ3v) is 6.64. The molecular formula is C19H15Cl3N2OS. The molecule has 1 aliphatic heterocycles. The van der Waals surface area contributed by atoms with Crippen LogP contribution in [0.5, 0.6) is 0 Å². The molecular weight excluding hydrogens is 411 g/mol. The number of nitrogens with one attached hydrogen (secondary N) is 1. The van der Waals surface area contributed by atoms with Crippen LogP contribution in [0.2, 0.25) is 15.1 Å². The van der Waals surface area contributed by atoms with Crippen molar-refractivity contribution in [2.75, 3.05) is 23.3 Å². The lowest BCUT2D eigenvalue weighted by molar-refractivity contribution is 0.103. The largest absolute Gasteiger partial charge is 0.370 e. The van der Waals surface area contributed by atoms with Gasteiger partial charge in [0.2, 0.25) is 0 Å². The molecule has 0 bridgehead atoms. The monoisotopic (exact) mass is 424 g/mol. The second-order valence-electron chi connectivity index (χ2n) is 6.20. The first-order chi connectivity index (χ1) is 12.5. The molecule has 0 radical (unpaired) electrons. The smallest absolute Gasteiger partial charge is 0.267 e. The van der Waals surface area contributed by atoms with Crippen LogP contribution in [-0.2, 0) is 0 Å². The van der Waals surface area contributed by atoms with E-state index in [1.54, 1.807) is 12.1 Å². The fraction of sp³-hybridized carbons (Fsp3) is 0.211. The lowest BCUT2D eigenvalue weighted by Crippen LogP contribution is -2.18. The Balaban J connectivity index is 1.58. The first-order valence-corrected chi connectivity index (χ1v) is 10.2. The Morgan fingerprint density at radius 2 is 1.81 bits per heavy atom. The van der Waals surface area contributed by atoms with Crippen molar-refractivity contribution in [3.8, 4) is 0 Å². The number of anilines is 2. The number of fused-ring (bicyclic) bond motifs is 1. The minimum absolute atomic E-state index is 0.252. The quantitative estimate of drug-likeness (QED) is 0.505. The Morgan fingerprint density at radius 3 is 2.54 bits per heavy atom. The van der Waals surface area contributed by atoms with Crippen LogP contribution in [0, 0.1) is 0 Å². The van der Waals surface area contributed by atoms with Crippen molar-refractivity contribution in [1.29, 1.82) is 0 Å². The van der Waals surface area contributed by atoms with Crippen LogP contribution >= 0.6 is 46.1 Å². The Bertz CT molecular complexity index is 996. The third-order valence-electron chi connectivity index (χ3n) is 4.45. The summed E-state index contributed by atoms with van der Waals surface area (Å²) in [6, 6.07) is 11.0. The van der Waals surface area contributed by atoms with E-state index < -0.39 is 0 Å². The molecule has 1 aromatic heterocycles. The molecule has 0 aliphatic carbocycles. The summed E-state index contributed by atoms with van der Waals surface area (Å²) in [5.74, 6) is -0.252. The molecule has 0 atom stereocenters. The Labute approximate surface area is 170 Å². The van der Waals surface area contributed by atoms with Gasteiger partial charge in [0, 0.05) is 33.9 Å². The number of hydrogen-bond acceptors (Lipinski definition) is 3. The number of hydrogen-bond donors (Lipinski definition) is 1. The molecule has 7 heteroatoms. The van der Waals surface area contributed by atoms with E-state index in [0.717, 1.165) is 28.9 Å². The van der Waals surface area contributed by atoms with Crippen molar-refractivity contribution in [2.45, 2.75) is 12.8 Å². The Morgan fingerprint density at radius 1 is 1.04 bits per heavy atom. The second-order valence-corrected chi connectivity index (χ2v) is 8.47. The maximum absolute atomic E-state index is 12.7. The molecule has 0 saturated carbocycles. The predicted octanol–water partition coefficient (Wildman–Crippen LogP) is 6.71. The maximum atomic E-state index is 12.7. The van der Waals surface area contributed by atoms with Gasteiger partial charge < -0.3 is 10.2 Å². The van der Waals surface area contributed by atoms with Gasteiger partial charge in [0.1, 0.15) is 4.88 Å². The number of carbonyl (C=O) groups excluding carboxylic acids is 1. The summed E-state index contributed by atoms with van der Waals surface area (Å²) in [4.78, 5) is 15.4. The highest BCUT2D eigenvalue weighted by Crippen LogP contribution is 2.37. The lowest BCUT2D eigenvalue weighted by atomic mass is 10.2. The summed E-state index contributed by atoms with van der Waals surface area (Å²) in [5, 5.41) is 5.41. The molecule has 134 valence electrons. The van der Waals surface area contributed by atoms with E-state index in [1.807, 2.05) is 24.3 Å². The highest BCUT2D eigenvalue weighted by Gasteiger charge is 2.19. The molecule has 2 aromatic carbocycles. The van der Waals surface area contributed by atoms with Crippen LogP contribution in [0.3, 0.4) is 0 Å². The fourth-order valence-electron chi connectivity index (χ4n) is 3.17. The summed E-state index contributed by atoms with van der Waals surface area (Å²) >= 11 is 20.2. The van der Waals surface area contributed by atoms with Gasteiger partial charge in [-0.25, -0.2) is 0 Å². The van der Waals surface area contributed by atoms with Gasteiger partial charge in [-0.2, -0.15) is 0 Å². The molecule has 1 amide bonds. The molecule has 2 heterocycles. The van der Waals surface area contributed by atoms with Gasteiger partial charge in [-0.05, 0) is 43.2 Å². The van der Waals surface area contributed by atoms with Crippen LogP contribution < -0.4 is 10.2 Å². The van der Waals surface area contributed by atoms with Gasteiger partial charge in [-0.3, -0.25) is 4.79 Å². The van der Waals surface area contributed by atoms with E-state index in [2.05, 4.69) is 10.2 Å². The van der Waals surface area contributed by atoms with Gasteiger partial charge in [0.05, 0.1) is 15.7 Å². The van der Waals surface area contributed by atoms with E-state index in [1.165, 1.54) is 24.2 Å². The zero-order chi connectivity index (χ0) is 18.3. The van der Waals surface area contributed by atoms with Crippen LogP contribution in [-0.4, -0.2) is 19.0 Å². The van der Waals surface area contributed by atoms with Gasteiger partial charge >= 0.3 is 0 Å². The average Bonchev–Trinajstić information content (AvgIpc) is 3.23. The Kier molecular flexibility index (Phi) is 5.02. The number of nitrogens with zero attached hydrogens (tertiary/aromatic N) is 1. The highest BCUT2D eigenvalue weighted by atomic mass is 35.5. The zero-order valence-corrected chi connectivity index (χ0v) is 16.8. The normalized spacial score (nSPS) is 14.2. The molecule has 0 unspecified atom stereocenters. The average molecular weight is 426 g/mol. The third kappa shape index (κ3) is 3.39. The highest BCUT2D eigenvalue weighted by molar-refractivity contribution is 7.21. The topological polar surface area (TPSA) is 32.3 Å². The molecule has 1 N–H and O–H groups in total. The predicted molar refractivity (Wildman–Crippen MR) is 113 cm³/mol. The molecule has 0 spiro atoms. The van der Waals surface area contributed by atoms with Crippen molar-refractivity contribution in [1.82, 2.24) is 0 Å². The summed E-state index contributed by atoms with van der Waals surface area (Å²) in [5.41, 5.74) is 1.66. The molecule has 3 aromatic rings. The maximum Gasteiger partial charge on any atom is 0.267 e. The van der Waals surface area contributed by atoms with E-state index in [4.69, 9.17) is 34.8 Å². The number of carbonyl (C=O) groups is 1. The van der Waals surface area contributed by atoms with Crippen molar-refractivity contribution in [3.63, 3.8) is 0 Å². The van der Waals surface area contributed by atoms with Crippen molar-refractivity contribution in [3.05, 3.63) is 56.3 Å². The molecule has 4 rings (SSSR count). The number of thiophene rings is 1. The number of halogens is 3. The van der Waals surface area contributed by atoms with E-state index in [9.17, 15) is 4.79 Å². The van der Waals surface area contributed by atoms with E-state index in [-0.39, 0.29) is 5.91 Å². The summed E-state index contributed by atoms with van der Waals surface area (Å²) < 4.78 is 0.884. The van der Waals surface area contributed by atoms with Gasteiger partial charge in [0.25, 0.3) is 5.91 Å². The number of rotatable bonds is 3. The van der Waals surface area contributed by atoms with E-state index in [0.29, 0.717) is 25.6 Å². The van der Waals surface area contributed by atoms with Crippen LogP contribution in [0.4, 0.5) is 11.4 Å². The van der Waals surface area contributed by atoms with Crippen LogP contribution in [0.25, 0.3) is 10.1 Å². The Hall–Kier alpha value is -1.46. The first kappa shape index (κ1) is 17.9. The SMILES string of the molecule is O=C(Nc1ccc(N2CCCC2)c(Cl)c1)c1sc2cc(Cl)ccc2c1Cl. The number of benzene rings is 2. The van der Waals surface area contributed by atoms with Gasteiger partial charge in [-0.1, -0.05) is 40.9 Å². The van der Waals surface area contributed by atoms with Gasteiger partial charge in [0.15, 0.2) is 0 Å². The van der Waals surface area contributed by atoms with Crippen LogP contribution in [0.15, 0.2) is 36.4 Å². The second kappa shape index (κ2) is 7.28. The lowest BCUT2D eigenvalue weighted by Gasteiger charge is -2.19. The van der Waals surface area contributed by atoms with Crippen molar-refractivity contribution >= 4 is 73.5 Å². The van der Waals surface area contributed by atoms with Crippen molar-refractivity contribution in [2.24, 2.45) is 0 Å². The molecule has 1 saturated heterocycles. The summed E-state index contributed by atoms with van der Waals surface area (Å²) in [6.07, 6.45) is 2.37. The van der Waals surface area contributed by atoms with Gasteiger partial charge in [-0.15, -0.1) is 11.3 Å². The fourth-order valence-corrected chi connectivity index (χ4v) is 5.16. The minimum Gasteiger partial charge on any atom is -0.370 e. The van der Waals surface area contributed by atoms with Crippen molar-refractivity contribution < 1.29 is 4.79 Å². The number of amides is 1. The first-order valence-electron chi connectivity index (χ1n) is 8.26. The molecule has 1 aliphatic rings. The molecule has 26 heavy (non-hydrogen) atoms. The van der Waals surface area contributed by atoms with E-state index >= 15 is 0 Å².